The van der Waals surface area contributed by atoms with Gasteiger partial charge in [-0.05, 0) is 38.2 Å². The summed E-state index contributed by atoms with van der Waals surface area (Å²) in [5, 5.41) is 13.8. The number of carbonyl (C=O) groups excluding carboxylic acids is 1. The second-order valence-corrected chi connectivity index (χ2v) is 7.66. The molecule has 7 heteroatoms. The van der Waals surface area contributed by atoms with Gasteiger partial charge in [0.05, 0.1) is 11.3 Å². The zero-order valence-corrected chi connectivity index (χ0v) is 14.1. The maximum Gasteiger partial charge on any atom is 0.263 e. The Balaban J connectivity index is 1.71. The van der Waals surface area contributed by atoms with E-state index >= 15 is 0 Å². The van der Waals surface area contributed by atoms with Gasteiger partial charge in [-0.25, -0.2) is 4.98 Å². The first-order valence-electron chi connectivity index (χ1n) is 7.09. The van der Waals surface area contributed by atoms with Gasteiger partial charge < -0.3 is 14.8 Å². The van der Waals surface area contributed by atoms with Crippen molar-refractivity contribution in [2.45, 2.75) is 25.9 Å². The van der Waals surface area contributed by atoms with Gasteiger partial charge in [-0.15, -0.1) is 11.3 Å². The van der Waals surface area contributed by atoms with Crippen LogP contribution >= 0.6 is 23.1 Å². The molecule has 1 fully saturated rings. The fourth-order valence-corrected chi connectivity index (χ4v) is 4.56. The van der Waals surface area contributed by atoms with Crippen molar-refractivity contribution in [3.05, 3.63) is 28.5 Å². The molecule has 0 saturated carbocycles. The van der Waals surface area contributed by atoms with Gasteiger partial charge in [-0.1, -0.05) is 0 Å². The number of amides is 1. The lowest BCUT2D eigenvalue weighted by Crippen LogP contribution is -2.42. The Bertz CT molecular complexity index is 687. The topological polar surface area (TPSA) is 75.4 Å². The number of aliphatic hydroxyl groups is 1. The first-order chi connectivity index (χ1) is 10.5. The first-order valence-corrected chi connectivity index (χ1v) is 9.06. The number of nitrogens with one attached hydrogen (secondary N) is 1. The van der Waals surface area contributed by atoms with Crippen LogP contribution in [-0.4, -0.2) is 39.6 Å². The predicted octanol–water partition coefficient (Wildman–Crippen LogP) is 2.62. The molecule has 1 unspecified atom stereocenters. The van der Waals surface area contributed by atoms with Gasteiger partial charge in [-0.3, -0.25) is 4.79 Å². The summed E-state index contributed by atoms with van der Waals surface area (Å²) >= 11 is 3.02. The van der Waals surface area contributed by atoms with Crippen LogP contribution in [0.1, 0.15) is 27.5 Å². The molecule has 0 bridgehead atoms. The Kier molecular flexibility index (Phi) is 4.29. The Morgan fingerprint density at radius 1 is 1.50 bits per heavy atom. The number of aromatic nitrogens is 1. The highest BCUT2D eigenvalue weighted by Crippen LogP contribution is 2.30. The Labute approximate surface area is 137 Å². The Morgan fingerprint density at radius 2 is 2.32 bits per heavy atom. The molecular formula is C15H18N2O3S2. The van der Waals surface area contributed by atoms with Crippen LogP contribution in [-0.2, 0) is 0 Å². The monoisotopic (exact) mass is 338 g/mol. The molecular weight excluding hydrogens is 320 g/mol. The summed E-state index contributed by atoms with van der Waals surface area (Å²) in [6, 6.07) is 3.73. The van der Waals surface area contributed by atoms with Crippen LogP contribution in [0.2, 0.25) is 0 Å². The summed E-state index contributed by atoms with van der Waals surface area (Å²) in [6.45, 7) is 3.97. The number of hydrogen-bond donors (Lipinski definition) is 2. The molecule has 1 saturated heterocycles. The normalized spacial score (nSPS) is 21.2. The summed E-state index contributed by atoms with van der Waals surface area (Å²) in [5.41, 5.74) is -0.0980. The van der Waals surface area contributed by atoms with Gasteiger partial charge >= 0.3 is 0 Å². The molecule has 1 amide bonds. The van der Waals surface area contributed by atoms with Crippen molar-refractivity contribution in [2.24, 2.45) is 0 Å². The van der Waals surface area contributed by atoms with Crippen LogP contribution in [0, 0.1) is 13.8 Å². The van der Waals surface area contributed by atoms with Crippen LogP contribution in [0.15, 0.2) is 16.5 Å². The average Bonchev–Trinajstić information content (AvgIpc) is 3.17. The molecule has 118 valence electrons. The van der Waals surface area contributed by atoms with E-state index in [9.17, 15) is 9.90 Å². The largest absolute Gasteiger partial charge is 0.459 e. The van der Waals surface area contributed by atoms with Gasteiger partial charge in [-0.2, -0.15) is 11.8 Å². The van der Waals surface area contributed by atoms with E-state index in [0.29, 0.717) is 27.1 Å². The fourth-order valence-electron chi connectivity index (χ4n) is 2.32. The third-order valence-corrected chi connectivity index (χ3v) is 6.02. The second-order valence-electron chi connectivity index (χ2n) is 5.55. The number of thioether (sulfide) groups is 1. The molecule has 2 aromatic rings. The second kappa shape index (κ2) is 6.06. The first kappa shape index (κ1) is 15.6. The summed E-state index contributed by atoms with van der Waals surface area (Å²) in [6.07, 6.45) is 0.719. The molecule has 2 aromatic heterocycles. The predicted molar refractivity (Wildman–Crippen MR) is 88.5 cm³/mol. The van der Waals surface area contributed by atoms with Crippen LogP contribution in [0.5, 0.6) is 0 Å². The van der Waals surface area contributed by atoms with Crippen molar-refractivity contribution < 1.29 is 14.3 Å². The molecule has 0 spiro atoms. The van der Waals surface area contributed by atoms with Crippen LogP contribution in [0.4, 0.5) is 0 Å². The standard InChI is InChI=1S/C15H18N2O3S2/c1-9-3-4-11(20-9)14-17-10(2)12(22-14)13(18)16-7-15(19)5-6-21-8-15/h3-4,19H,5-8H2,1-2H3,(H,16,18). The van der Waals surface area contributed by atoms with E-state index in [1.807, 2.05) is 26.0 Å². The van der Waals surface area contributed by atoms with E-state index in [1.165, 1.54) is 11.3 Å². The lowest BCUT2D eigenvalue weighted by molar-refractivity contribution is 0.0613. The number of thiazole rings is 1. The van der Waals surface area contributed by atoms with E-state index < -0.39 is 5.60 Å². The number of hydrogen-bond acceptors (Lipinski definition) is 6. The van der Waals surface area contributed by atoms with Crippen molar-refractivity contribution in [2.75, 3.05) is 18.1 Å². The number of carbonyl (C=O) groups is 1. The number of rotatable bonds is 4. The zero-order chi connectivity index (χ0) is 15.7. The highest BCUT2D eigenvalue weighted by atomic mass is 32.2. The number of aryl methyl sites for hydroxylation is 2. The highest BCUT2D eigenvalue weighted by Gasteiger charge is 2.32. The van der Waals surface area contributed by atoms with Crippen LogP contribution in [0.25, 0.3) is 10.8 Å². The Morgan fingerprint density at radius 3 is 2.95 bits per heavy atom. The maximum atomic E-state index is 12.3. The summed E-state index contributed by atoms with van der Waals surface area (Å²) in [5.74, 6) is 2.92. The van der Waals surface area contributed by atoms with E-state index in [0.717, 1.165) is 17.9 Å². The van der Waals surface area contributed by atoms with Gasteiger partial charge in [0.25, 0.3) is 5.91 Å². The van der Waals surface area contributed by atoms with Crippen molar-refractivity contribution in [3.8, 4) is 10.8 Å². The SMILES string of the molecule is Cc1ccc(-c2nc(C)c(C(=O)NCC3(O)CCSC3)s2)o1. The highest BCUT2D eigenvalue weighted by molar-refractivity contribution is 7.99. The van der Waals surface area contributed by atoms with Gasteiger partial charge in [0, 0.05) is 12.3 Å². The quantitative estimate of drug-likeness (QED) is 0.896. The molecule has 0 aliphatic carbocycles. The molecule has 1 aliphatic rings. The van der Waals surface area contributed by atoms with Crippen molar-refractivity contribution in [3.63, 3.8) is 0 Å². The third kappa shape index (κ3) is 3.21. The molecule has 0 aromatic carbocycles. The molecule has 5 nitrogen and oxygen atoms in total. The van der Waals surface area contributed by atoms with Crippen molar-refractivity contribution >= 4 is 29.0 Å². The smallest absolute Gasteiger partial charge is 0.263 e. The van der Waals surface area contributed by atoms with E-state index in [4.69, 9.17) is 4.42 Å². The molecule has 1 atom stereocenters. The molecule has 3 rings (SSSR count). The minimum atomic E-state index is -0.778. The third-order valence-electron chi connectivity index (χ3n) is 3.61. The van der Waals surface area contributed by atoms with Gasteiger partial charge in [0.2, 0.25) is 0 Å². The lowest BCUT2D eigenvalue weighted by Gasteiger charge is -2.21. The zero-order valence-electron chi connectivity index (χ0n) is 12.5. The molecule has 2 N–H and O–H groups in total. The van der Waals surface area contributed by atoms with E-state index in [-0.39, 0.29) is 12.5 Å². The van der Waals surface area contributed by atoms with Gasteiger partial charge in [0.1, 0.15) is 10.6 Å². The molecule has 1 aliphatic heterocycles. The summed E-state index contributed by atoms with van der Waals surface area (Å²) < 4.78 is 5.55. The number of nitrogens with zero attached hydrogens (tertiary/aromatic N) is 1. The fraction of sp³-hybridized carbons (Fsp3) is 0.467. The lowest BCUT2D eigenvalue weighted by atomic mass is 10.0. The van der Waals surface area contributed by atoms with E-state index in [1.54, 1.807) is 11.8 Å². The Hall–Kier alpha value is -1.31. The molecule has 0 radical (unpaired) electrons. The minimum absolute atomic E-state index is 0.185. The summed E-state index contributed by atoms with van der Waals surface area (Å²) in [4.78, 5) is 17.3. The van der Waals surface area contributed by atoms with Gasteiger partial charge in [0.15, 0.2) is 10.8 Å². The van der Waals surface area contributed by atoms with Crippen LogP contribution in [0.3, 0.4) is 0 Å². The van der Waals surface area contributed by atoms with Crippen LogP contribution < -0.4 is 5.32 Å². The summed E-state index contributed by atoms with van der Waals surface area (Å²) in [7, 11) is 0. The van der Waals surface area contributed by atoms with Crippen molar-refractivity contribution in [1.29, 1.82) is 0 Å². The maximum absolute atomic E-state index is 12.3. The van der Waals surface area contributed by atoms with Crippen molar-refractivity contribution in [1.82, 2.24) is 10.3 Å². The molecule has 22 heavy (non-hydrogen) atoms. The minimum Gasteiger partial charge on any atom is -0.459 e. The van der Waals surface area contributed by atoms with E-state index in [2.05, 4.69) is 10.3 Å². The average molecular weight is 338 g/mol. The number of furan rings is 1. The molecule has 3 heterocycles.